The summed E-state index contributed by atoms with van der Waals surface area (Å²) in [5.74, 6) is -1.07. The second-order valence-electron chi connectivity index (χ2n) is 6.39. The summed E-state index contributed by atoms with van der Waals surface area (Å²) in [6, 6.07) is 21.5. The third-order valence-corrected chi connectivity index (χ3v) is 4.39. The van der Waals surface area contributed by atoms with Crippen molar-refractivity contribution in [2.24, 2.45) is 0 Å². The zero-order valence-electron chi connectivity index (χ0n) is 15.9. The number of ether oxygens (including phenoxy) is 1. The summed E-state index contributed by atoms with van der Waals surface area (Å²) in [6.07, 6.45) is -0.262. The third kappa shape index (κ3) is 5.49. The number of carbonyl (C=O) groups is 2. The molecule has 6 heteroatoms. The maximum Gasteiger partial charge on any atom is 0.255 e. The summed E-state index contributed by atoms with van der Waals surface area (Å²) in [6.45, 7) is 0.311. The standard InChI is InChI=1S/C23H21FN2O3/c1-29-21(16-6-3-2-4-7-16)15-25-22(27)18-8-5-9-20(14-18)26-23(28)17-10-12-19(24)13-11-17/h2-14,21H,15H2,1H3,(H,25,27)(H,26,28). The van der Waals surface area contributed by atoms with Crippen LogP contribution in [0.4, 0.5) is 10.1 Å². The van der Waals surface area contributed by atoms with Gasteiger partial charge in [0.15, 0.2) is 0 Å². The fraction of sp³-hybridized carbons (Fsp3) is 0.130. The highest BCUT2D eigenvalue weighted by atomic mass is 19.1. The maximum absolute atomic E-state index is 13.0. The van der Waals surface area contributed by atoms with Crippen LogP contribution in [0.5, 0.6) is 0 Å². The largest absolute Gasteiger partial charge is 0.375 e. The van der Waals surface area contributed by atoms with Crippen molar-refractivity contribution in [3.05, 3.63) is 101 Å². The summed E-state index contributed by atoms with van der Waals surface area (Å²) in [4.78, 5) is 24.8. The molecule has 3 aromatic rings. The lowest BCUT2D eigenvalue weighted by Crippen LogP contribution is -2.29. The summed E-state index contributed by atoms with van der Waals surface area (Å²) in [7, 11) is 1.59. The Kier molecular flexibility index (Phi) is 6.71. The Morgan fingerprint density at radius 1 is 0.897 bits per heavy atom. The molecule has 0 aliphatic rings. The highest BCUT2D eigenvalue weighted by Crippen LogP contribution is 2.16. The summed E-state index contributed by atoms with van der Waals surface area (Å²) in [5.41, 5.74) is 2.17. The first-order valence-electron chi connectivity index (χ1n) is 9.10. The number of amides is 2. The molecule has 0 bridgehead atoms. The van der Waals surface area contributed by atoms with Gasteiger partial charge >= 0.3 is 0 Å². The van der Waals surface area contributed by atoms with Crippen LogP contribution in [0, 0.1) is 5.82 Å². The normalized spacial score (nSPS) is 11.5. The Labute approximate surface area is 168 Å². The minimum absolute atomic E-state index is 0.262. The Hall–Kier alpha value is -3.51. The van der Waals surface area contributed by atoms with Crippen LogP contribution >= 0.6 is 0 Å². The molecule has 0 fully saturated rings. The number of anilines is 1. The lowest BCUT2D eigenvalue weighted by atomic mass is 10.1. The van der Waals surface area contributed by atoms with Gasteiger partial charge in [0.05, 0.1) is 6.10 Å². The van der Waals surface area contributed by atoms with E-state index in [9.17, 15) is 14.0 Å². The van der Waals surface area contributed by atoms with Crippen LogP contribution in [0.1, 0.15) is 32.4 Å². The van der Waals surface area contributed by atoms with Gasteiger partial charge in [-0.1, -0.05) is 36.4 Å². The Morgan fingerprint density at radius 3 is 2.31 bits per heavy atom. The first kappa shape index (κ1) is 20.2. The SMILES string of the molecule is COC(CNC(=O)c1cccc(NC(=O)c2ccc(F)cc2)c1)c1ccccc1. The van der Waals surface area contributed by atoms with Crippen molar-refractivity contribution in [2.45, 2.75) is 6.10 Å². The quantitative estimate of drug-likeness (QED) is 0.633. The fourth-order valence-electron chi connectivity index (χ4n) is 2.84. The minimum Gasteiger partial charge on any atom is -0.375 e. The molecule has 0 saturated heterocycles. The van der Waals surface area contributed by atoms with E-state index in [1.807, 2.05) is 30.3 Å². The number of hydrogen-bond donors (Lipinski definition) is 2. The van der Waals surface area contributed by atoms with E-state index >= 15 is 0 Å². The van der Waals surface area contributed by atoms with Crippen molar-refractivity contribution in [2.75, 3.05) is 19.0 Å². The summed E-state index contributed by atoms with van der Waals surface area (Å²) < 4.78 is 18.5. The monoisotopic (exact) mass is 392 g/mol. The highest BCUT2D eigenvalue weighted by Gasteiger charge is 2.14. The van der Waals surface area contributed by atoms with Gasteiger partial charge < -0.3 is 15.4 Å². The first-order chi connectivity index (χ1) is 14.1. The van der Waals surface area contributed by atoms with Gasteiger partial charge in [0.1, 0.15) is 5.82 Å². The van der Waals surface area contributed by atoms with Gasteiger partial charge in [-0.15, -0.1) is 0 Å². The topological polar surface area (TPSA) is 67.4 Å². The number of methoxy groups -OCH3 is 1. The lowest BCUT2D eigenvalue weighted by Gasteiger charge is -2.16. The van der Waals surface area contributed by atoms with Crippen molar-refractivity contribution in [3.63, 3.8) is 0 Å². The van der Waals surface area contributed by atoms with Gasteiger partial charge in [-0.25, -0.2) is 4.39 Å². The average molecular weight is 392 g/mol. The van der Waals surface area contributed by atoms with Crippen LogP contribution in [0.15, 0.2) is 78.9 Å². The van der Waals surface area contributed by atoms with E-state index in [4.69, 9.17) is 4.74 Å². The number of hydrogen-bond acceptors (Lipinski definition) is 3. The maximum atomic E-state index is 13.0. The molecule has 1 atom stereocenters. The molecule has 0 saturated carbocycles. The molecule has 5 nitrogen and oxygen atoms in total. The van der Waals surface area contributed by atoms with E-state index in [1.54, 1.807) is 31.4 Å². The van der Waals surface area contributed by atoms with E-state index in [0.717, 1.165) is 5.56 Å². The molecule has 2 amide bonds. The van der Waals surface area contributed by atoms with Crippen molar-refractivity contribution >= 4 is 17.5 Å². The number of rotatable bonds is 7. The Bertz CT molecular complexity index is 975. The van der Waals surface area contributed by atoms with Gasteiger partial charge in [-0.3, -0.25) is 9.59 Å². The zero-order valence-corrected chi connectivity index (χ0v) is 15.9. The molecule has 3 rings (SSSR count). The summed E-state index contributed by atoms with van der Waals surface area (Å²) in [5, 5.41) is 5.56. The molecule has 2 N–H and O–H groups in total. The van der Waals surface area contributed by atoms with Gasteiger partial charge in [0.25, 0.3) is 11.8 Å². The van der Waals surface area contributed by atoms with Crippen molar-refractivity contribution in [1.82, 2.24) is 5.32 Å². The third-order valence-electron chi connectivity index (χ3n) is 4.39. The molecule has 0 aromatic heterocycles. The number of carbonyl (C=O) groups excluding carboxylic acids is 2. The van der Waals surface area contributed by atoms with Gasteiger partial charge in [0.2, 0.25) is 0 Å². The molecular formula is C23H21FN2O3. The smallest absolute Gasteiger partial charge is 0.255 e. The second kappa shape index (κ2) is 9.61. The molecule has 0 aliphatic carbocycles. The number of benzene rings is 3. The predicted octanol–water partition coefficient (Wildman–Crippen LogP) is 4.20. The molecule has 3 aromatic carbocycles. The van der Waals surface area contributed by atoms with Crippen molar-refractivity contribution in [1.29, 1.82) is 0 Å². The average Bonchev–Trinajstić information content (AvgIpc) is 2.75. The Balaban J connectivity index is 1.63. The van der Waals surface area contributed by atoms with E-state index in [2.05, 4.69) is 10.6 Å². The van der Waals surface area contributed by atoms with Crippen LogP contribution in [-0.4, -0.2) is 25.5 Å². The van der Waals surface area contributed by atoms with Crippen LogP contribution in [0.3, 0.4) is 0 Å². The van der Waals surface area contributed by atoms with E-state index in [0.29, 0.717) is 23.4 Å². The van der Waals surface area contributed by atoms with Gasteiger partial charge in [-0.05, 0) is 48.0 Å². The molecule has 0 aliphatic heterocycles. The zero-order chi connectivity index (χ0) is 20.6. The molecule has 1 unspecified atom stereocenters. The first-order valence-corrected chi connectivity index (χ1v) is 9.10. The second-order valence-corrected chi connectivity index (χ2v) is 6.39. The minimum atomic E-state index is -0.412. The fourth-order valence-corrected chi connectivity index (χ4v) is 2.84. The van der Waals surface area contributed by atoms with Crippen molar-refractivity contribution in [3.8, 4) is 0 Å². The van der Waals surface area contributed by atoms with Crippen LogP contribution in [-0.2, 0) is 4.74 Å². The number of nitrogens with one attached hydrogen (secondary N) is 2. The highest BCUT2D eigenvalue weighted by molar-refractivity contribution is 6.05. The summed E-state index contributed by atoms with van der Waals surface area (Å²) >= 11 is 0. The van der Waals surface area contributed by atoms with Crippen LogP contribution in [0.25, 0.3) is 0 Å². The molecule has 148 valence electrons. The molecular weight excluding hydrogens is 371 g/mol. The van der Waals surface area contributed by atoms with E-state index in [-0.39, 0.29) is 17.9 Å². The van der Waals surface area contributed by atoms with Crippen LogP contribution < -0.4 is 10.6 Å². The molecule has 29 heavy (non-hydrogen) atoms. The van der Waals surface area contributed by atoms with Crippen LogP contribution in [0.2, 0.25) is 0 Å². The van der Waals surface area contributed by atoms with E-state index in [1.165, 1.54) is 24.3 Å². The van der Waals surface area contributed by atoms with Crippen molar-refractivity contribution < 1.29 is 18.7 Å². The molecule has 0 radical (unpaired) electrons. The number of halogens is 1. The molecule has 0 heterocycles. The van der Waals surface area contributed by atoms with Gasteiger partial charge in [-0.2, -0.15) is 0 Å². The Morgan fingerprint density at radius 2 is 1.62 bits per heavy atom. The predicted molar refractivity (Wildman–Crippen MR) is 109 cm³/mol. The molecule has 0 spiro atoms. The van der Waals surface area contributed by atoms with E-state index < -0.39 is 5.82 Å². The van der Waals surface area contributed by atoms with Gasteiger partial charge in [0, 0.05) is 30.5 Å². The lowest BCUT2D eigenvalue weighted by molar-refractivity contribution is 0.0827.